The lowest BCUT2D eigenvalue weighted by Crippen LogP contribution is -2.03. The van der Waals surface area contributed by atoms with Crippen molar-refractivity contribution >= 4 is 12.1 Å². The third kappa shape index (κ3) is 3.06. The monoisotopic (exact) mass is 283 g/mol. The maximum atomic E-state index is 11.2. The number of nitrogen functional groups attached to an aromatic ring is 1. The van der Waals surface area contributed by atoms with E-state index < -0.39 is 0 Å². The van der Waals surface area contributed by atoms with Crippen LogP contribution in [0.1, 0.15) is 23.7 Å². The van der Waals surface area contributed by atoms with Crippen LogP contribution in [0.2, 0.25) is 0 Å². The lowest BCUT2D eigenvalue weighted by atomic mass is 10.1. The Kier molecular flexibility index (Phi) is 4.62. The van der Waals surface area contributed by atoms with Crippen molar-refractivity contribution in [3.05, 3.63) is 29.8 Å². The summed E-state index contributed by atoms with van der Waals surface area (Å²) < 4.78 is 6.97. The van der Waals surface area contributed by atoms with Crippen molar-refractivity contribution < 1.29 is 9.53 Å². The number of nitrogens with zero attached hydrogens (tertiary/aromatic N) is 2. The van der Waals surface area contributed by atoms with Gasteiger partial charge in [-0.05, 0) is 30.7 Å². The van der Waals surface area contributed by atoms with Crippen LogP contribution < -0.4 is 10.5 Å². The van der Waals surface area contributed by atoms with E-state index >= 15 is 0 Å². The van der Waals surface area contributed by atoms with Crippen LogP contribution in [0.25, 0.3) is 11.3 Å². The predicted molar refractivity (Wildman–Crippen MR) is 82.1 cm³/mol. The minimum Gasteiger partial charge on any atom is -0.494 e. The Labute approximate surface area is 123 Å². The molecule has 0 aliphatic heterocycles. The fraction of sp³-hybridized carbons (Fsp3) is 0.250. The van der Waals surface area contributed by atoms with E-state index in [1.54, 1.807) is 0 Å². The lowest BCUT2D eigenvalue weighted by molar-refractivity contribution is 0.112. The van der Waals surface area contributed by atoms with Crippen molar-refractivity contribution in [2.24, 2.45) is 0 Å². The van der Waals surface area contributed by atoms with Gasteiger partial charge < -0.3 is 10.5 Å². The Bertz CT molecular complexity index is 666. The maximum absolute atomic E-state index is 11.2. The summed E-state index contributed by atoms with van der Waals surface area (Å²) in [6, 6.07) is 7.38. The van der Waals surface area contributed by atoms with Gasteiger partial charge in [-0.2, -0.15) is 5.10 Å². The fourth-order valence-corrected chi connectivity index (χ4v) is 1.95. The molecule has 0 atom stereocenters. The molecule has 108 valence electrons. The zero-order chi connectivity index (χ0) is 15.2. The van der Waals surface area contributed by atoms with Gasteiger partial charge in [-0.1, -0.05) is 12.8 Å². The molecule has 1 heterocycles. The highest BCUT2D eigenvalue weighted by Gasteiger charge is 2.16. The summed E-state index contributed by atoms with van der Waals surface area (Å²) in [5, 5.41) is 4.31. The molecule has 0 bridgehead atoms. The van der Waals surface area contributed by atoms with Crippen molar-refractivity contribution in [1.82, 2.24) is 9.78 Å². The third-order valence-corrected chi connectivity index (χ3v) is 2.99. The molecule has 0 fully saturated rings. The Morgan fingerprint density at radius 2 is 2.14 bits per heavy atom. The van der Waals surface area contributed by atoms with Crippen LogP contribution >= 0.6 is 0 Å². The van der Waals surface area contributed by atoms with E-state index in [1.165, 1.54) is 4.68 Å². The largest absolute Gasteiger partial charge is 0.494 e. The number of rotatable bonds is 6. The van der Waals surface area contributed by atoms with Crippen molar-refractivity contribution in [3.63, 3.8) is 0 Å². The van der Waals surface area contributed by atoms with Crippen LogP contribution in [-0.4, -0.2) is 22.7 Å². The standard InChI is InChI=1S/C16H17N3O2/c1-3-9-19-16(17)14(11-20)15(18-19)12-5-7-13(8-6-12)21-10-4-2/h1,5-8,11H,4,9-10,17H2,2H3. The number of carbonyl (C=O) groups is 1. The second kappa shape index (κ2) is 6.62. The van der Waals surface area contributed by atoms with Gasteiger partial charge in [0.1, 0.15) is 23.8 Å². The van der Waals surface area contributed by atoms with E-state index in [0.717, 1.165) is 17.7 Å². The predicted octanol–water partition coefficient (Wildman–Crippen LogP) is 2.37. The average molecular weight is 283 g/mol. The van der Waals surface area contributed by atoms with E-state index in [0.29, 0.717) is 24.2 Å². The molecule has 1 aromatic carbocycles. The molecule has 0 amide bonds. The zero-order valence-corrected chi connectivity index (χ0v) is 11.9. The van der Waals surface area contributed by atoms with Gasteiger partial charge in [0.15, 0.2) is 6.29 Å². The lowest BCUT2D eigenvalue weighted by Gasteiger charge is -2.05. The SMILES string of the molecule is C#CCn1nc(-c2ccc(OCCC)cc2)c(C=O)c1N. The van der Waals surface area contributed by atoms with Gasteiger partial charge in [0.2, 0.25) is 0 Å². The molecule has 2 N–H and O–H groups in total. The summed E-state index contributed by atoms with van der Waals surface area (Å²) >= 11 is 0. The second-order valence-corrected chi connectivity index (χ2v) is 4.50. The van der Waals surface area contributed by atoms with E-state index in [1.807, 2.05) is 31.2 Å². The Balaban J connectivity index is 2.35. The topological polar surface area (TPSA) is 70.1 Å². The van der Waals surface area contributed by atoms with Gasteiger partial charge in [-0.3, -0.25) is 4.79 Å². The third-order valence-electron chi connectivity index (χ3n) is 2.99. The number of anilines is 1. The number of nitrogens with two attached hydrogens (primary N) is 1. The first-order valence-corrected chi connectivity index (χ1v) is 6.69. The molecule has 0 unspecified atom stereocenters. The molecule has 5 nitrogen and oxygen atoms in total. The van der Waals surface area contributed by atoms with Gasteiger partial charge in [-0.25, -0.2) is 4.68 Å². The van der Waals surface area contributed by atoms with Crippen LogP contribution in [0, 0.1) is 12.3 Å². The van der Waals surface area contributed by atoms with E-state index in [9.17, 15) is 4.79 Å². The number of benzene rings is 1. The molecule has 0 saturated carbocycles. The average Bonchev–Trinajstić information content (AvgIpc) is 2.82. The van der Waals surface area contributed by atoms with Crippen LogP contribution in [0.5, 0.6) is 5.75 Å². The molecule has 0 spiro atoms. The molecule has 21 heavy (non-hydrogen) atoms. The van der Waals surface area contributed by atoms with Crippen molar-refractivity contribution in [2.75, 3.05) is 12.3 Å². The van der Waals surface area contributed by atoms with E-state index in [-0.39, 0.29) is 12.4 Å². The summed E-state index contributed by atoms with van der Waals surface area (Å²) in [6.45, 7) is 2.94. The Morgan fingerprint density at radius 1 is 1.43 bits per heavy atom. The number of carbonyl (C=O) groups excluding carboxylic acids is 1. The van der Waals surface area contributed by atoms with Gasteiger partial charge in [-0.15, -0.1) is 6.42 Å². The highest BCUT2D eigenvalue weighted by Crippen LogP contribution is 2.27. The number of terminal acetylenes is 1. The highest BCUT2D eigenvalue weighted by molar-refractivity contribution is 5.91. The second-order valence-electron chi connectivity index (χ2n) is 4.50. The molecule has 2 rings (SSSR count). The summed E-state index contributed by atoms with van der Waals surface area (Å²) in [7, 11) is 0. The molecule has 2 aromatic rings. The normalized spacial score (nSPS) is 10.1. The molecule has 0 radical (unpaired) electrons. The molecule has 5 heteroatoms. The van der Waals surface area contributed by atoms with Crippen molar-refractivity contribution in [1.29, 1.82) is 0 Å². The number of hydrogen-bond donors (Lipinski definition) is 1. The molecule has 0 saturated heterocycles. The van der Waals surface area contributed by atoms with Gasteiger partial charge in [0, 0.05) is 5.56 Å². The summed E-state index contributed by atoms with van der Waals surface area (Å²) in [5.41, 5.74) is 7.56. The van der Waals surface area contributed by atoms with Crippen LogP contribution in [0.3, 0.4) is 0 Å². The first-order valence-electron chi connectivity index (χ1n) is 6.69. The minimum atomic E-state index is 0.227. The zero-order valence-electron chi connectivity index (χ0n) is 11.9. The number of aromatic nitrogens is 2. The number of aldehydes is 1. The van der Waals surface area contributed by atoms with E-state index in [2.05, 4.69) is 11.0 Å². The molecular formula is C16H17N3O2. The van der Waals surface area contributed by atoms with Gasteiger partial charge in [0.25, 0.3) is 0 Å². The van der Waals surface area contributed by atoms with E-state index in [4.69, 9.17) is 16.9 Å². The quantitative estimate of drug-likeness (QED) is 0.652. The summed E-state index contributed by atoms with van der Waals surface area (Å²) in [4.78, 5) is 11.2. The first-order chi connectivity index (χ1) is 10.2. The minimum absolute atomic E-state index is 0.227. The number of hydrogen-bond acceptors (Lipinski definition) is 4. The summed E-state index contributed by atoms with van der Waals surface area (Å²) in [5.74, 6) is 3.52. The molecular weight excluding hydrogens is 266 g/mol. The van der Waals surface area contributed by atoms with Crippen molar-refractivity contribution in [2.45, 2.75) is 19.9 Å². The number of ether oxygens (including phenoxy) is 1. The van der Waals surface area contributed by atoms with Gasteiger partial charge >= 0.3 is 0 Å². The van der Waals surface area contributed by atoms with Crippen LogP contribution in [0.15, 0.2) is 24.3 Å². The smallest absolute Gasteiger partial charge is 0.156 e. The fourth-order valence-electron chi connectivity index (χ4n) is 1.95. The van der Waals surface area contributed by atoms with Crippen molar-refractivity contribution in [3.8, 4) is 29.4 Å². The van der Waals surface area contributed by atoms with Crippen LogP contribution in [0.4, 0.5) is 5.82 Å². The van der Waals surface area contributed by atoms with Crippen LogP contribution in [-0.2, 0) is 6.54 Å². The summed E-state index contributed by atoms with van der Waals surface area (Å²) in [6.07, 6.45) is 6.91. The highest BCUT2D eigenvalue weighted by atomic mass is 16.5. The van der Waals surface area contributed by atoms with Gasteiger partial charge in [0.05, 0.1) is 12.2 Å². The molecule has 0 aliphatic carbocycles. The Morgan fingerprint density at radius 3 is 2.71 bits per heavy atom. The Hall–Kier alpha value is -2.74. The maximum Gasteiger partial charge on any atom is 0.156 e. The first kappa shape index (κ1) is 14.7. The molecule has 1 aromatic heterocycles. The molecule has 0 aliphatic rings.